The molecule has 1 aliphatic carbocycles. The van der Waals surface area contributed by atoms with Gasteiger partial charge in [-0.15, -0.1) is 0 Å². The number of aryl methyl sites for hydroxylation is 4. The molecule has 0 N–H and O–H groups in total. The van der Waals surface area contributed by atoms with Gasteiger partial charge in [-0.25, -0.2) is 0 Å². The van der Waals surface area contributed by atoms with Crippen LogP contribution in [0.25, 0.3) is 44.3 Å². The summed E-state index contributed by atoms with van der Waals surface area (Å²) in [4.78, 5) is 0. The summed E-state index contributed by atoms with van der Waals surface area (Å²) in [7, 11) is 0. The molecule has 0 saturated carbocycles. The number of benzene rings is 8. The second-order valence-electron chi connectivity index (χ2n) is 15.4. The van der Waals surface area contributed by atoms with E-state index in [0.717, 1.165) is 5.57 Å². The summed E-state index contributed by atoms with van der Waals surface area (Å²) in [5.41, 5.74) is 17.7. The Morgan fingerprint density at radius 2 is 0.984 bits per heavy atom. The molecule has 8 aromatic rings. The van der Waals surface area contributed by atoms with Crippen molar-refractivity contribution in [2.45, 2.75) is 61.3 Å². The van der Waals surface area contributed by atoms with E-state index < -0.39 is 0 Å². The van der Waals surface area contributed by atoms with Gasteiger partial charge in [0.1, 0.15) is 0 Å². The number of rotatable bonds is 6. The van der Waals surface area contributed by atoms with Crippen LogP contribution in [0.3, 0.4) is 0 Å². The lowest BCUT2D eigenvalue weighted by atomic mass is 9.67. The molecule has 0 amide bonds. The van der Waals surface area contributed by atoms with E-state index >= 15 is 0 Å². The third-order valence-corrected chi connectivity index (χ3v) is 11.5. The Hall–Kier alpha value is -6.76. The van der Waals surface area contributed by atoms with Gasteiger partial charge in [-0.2, -0.15) is 0 Å². The Morgan fingerprint density at radius 3 is 1.59 bits per heavy atom. The number of hydrogen-bond donors (Lipinski definition) is 0. The predicted octanol–water partition coefficient (Wildman–Crippen LogP) is 17.4. The average molecular weight is 795 g/mol. The fourth-order valence-electron chi connectivity index (χ4n) is 8.57. The van der Waals surface area contributed by atoms with Crippen LogP contribution in [-0.4, -0.2) is 0 Å². The number of allylic oxidation sites excluding steroid dienone is 4. The minimum absolute atomic E-state index is 0. The molecule has 0 aromatic heterocycles. The smallest absolute Gasteiger partial charge is 0.0713 e. The SMILES string of the molecule is C.C=CC(=C)/C=C(\C)c1ccc(C)cc1.C=Cc1c(C)c2ccccc2c2ccc(C)cc12.CC.Cc1ccc2c(c1)C(c1ccccc1)(c1ccccc1)c1ccccc1-2. The molecule has 8 aromatic carbocycles. The van der Waals surface area contributed by atoms with Gasteiger partial charge >= 0.3 is 0 Å². The molecule has 0 heteroatoms. The van der Waals surface area contributed by atoms with Gasteiger partial charge in [-0.05, 0) is 117 Å². The van der Waals surface area contributed by atoms with Crippen molar-refractivity contribution >= 4 is 33.2 Å². The first-order valence-corrected chi connectivity index (χ1v) is 21.1. The van der Waals surface area contributed by atoms with Gasteiger partial charge in [-0.3, -0.25) is 0 Å². The van der Waals surface area contributed by atoms with Gasteiger partial charge in [0, 0.05) is 0 Å². The number of hydrogen-bond acceptors (Lipinski definition) is 0. The molecule has 61 heavy (non-hydrogen) atoms. The quantitative estimate of drug-likeness (QED) is 0.116. The number of fused-ring (bicyclic) bond motifs is 6. The predicted molar refractivity (Wildman–Crippen MR) is 272 cm³/mol. The normalized spacial score (nSPS) is 11.8. The van der Waals surface area contributed by atoms with Crippen LogP contribution in [0.4, 0.5) is 0 Å². The van der Waals surface area contributed by atoms with Crippen LogP contribution in [0.5, 0.6) is 0 Å². The Kier molecular flexibility index (Phi) is 15.2. The summed E-state index contributed by atoms with van der Waals surface area (Å²) < 4.78 is 0. The molecule has 0 spiro atoms. The lowest BCUT2D eigenvalue weighted by Gasteiger charge is -2.34. The largest absolute Gasteiger partial charge is 0.0985 e. The van der Waals surface area contributed by atoms with E-state index in [4.69, 9.17) is 0 Å². The van der Waals surface area contributed by atoms with Gasteiger partial charge < -0.3 is 0 Å². The van der Waals surface area contributed by atoms with Crippen LogP contribution in [-0.2, 0) is 5.41 Å². The second-order valence-corrected chi connectivity index (χ2v) is 15.4. The van der Waals surface area contributed by atoms with Crippen molar-refractivity contribution in [3.05, 3.63) is 263 Å². The molecule has 0 unspecified atom stereocenters. The lowest BCUT2D eigenvalue weighted by Crippen LogP contribution is -2.28. The molecule has 1 aliphatic rings. The van der Waals surface area contributed by atoms with Gasteiger partial charge in [0.25, 0.3) is 0 Å². The zero-order chi connectivity index (χ0) is 42.8. The maximum absolute atomic E-state index is 3.98. The Balaban J connectivity index is 0.000000177. The zero-order valence-corrected chi connectivity index (χ0v) is 36.5. The fraction of sp³-hybridized carbons (Fsp3) is 0.148. The molecular weight excluding hydrogens is 733 g/mol. The second kappa shape index (κ2) is 20.5. The molecule has 0 aliphatic heterocycles. The van der Waals surface area contributed by atoms with Crippen LogP contribution >= 0.6 is 0 Å². The van der Waals surface area contributed by atoms with Crippen molar-refractivity contribution in [1.29, 1.82) is 0 Å². The van der Waals surface area contributed by atoms with E-state index in [-0.39, 0.29) is 12.8 Å². The third kappa shape index (κ3) is 9.20. The van der Waals surface area contributed by atoms with Crippen LogP contribution in [0.1, 0.15) is 83.8 Å². The highest BCUT2D eigenvalue weighted by Gasteiger charge is 2.45. The summed E-state index contributed by atoms with van der Waals surface area (Å²) in [6.07, 6.45) is 5.78. The van der Waals surface area contributed by atoms with Crippen LogP contribution in [0.15, 0.2) is 207 Å². The maximum atomic E-state index is 3.98. The van der Waals surface area contributed by atoms with Crippen molar-refractivity contribution in [1.82, 2.24) is 0 Å². The van der Waals surface area contributed by atoms with Crippen LogP contribution in [0, 0.1) is 27.7 Å². The highest BCUT2D eigenvalue weighted by molar-refractivity contribution is 6.12. The molecule has 306 valence electrons. The van der Waals surface area contributed by atoms with E-state index in [0.29, 0.717) is 0 Å². The standard InChI is InChI=1S/C26H20.C18H16.C14H16.C2H6.CH4/c1-19-16-17-23-22-14-8-9-15-24(22)26(25(23)18-19,20-10-4-2-5-11-20)21-12-6-3-7-13-21;1-4-14-13(3)15-7-5-6-8-16(15)17-10-9-12(2)11-18(14)17;1-5-11(2)10-13(4)14-8-6-12(3)7-9-14;1-2;/h2-18H,1H3;4-11H,1H2,2-3H3;5-10H,1-2H2,3-4H3;1-2H3;1H4/b;;13-10+;;. The molecule has 0 fully saturated rings. The van der Waals surface area contributed by atoms with E-state index in [9.17, 15) is 0 Å². The maximum Gasteiger partial charge on any atom is 0.0713 e. The summed E-state index contributed by atoms with van der Waals surface area (Å²) in [6.45, 7) is 26.2. The first-order chi connectivity index (χ1) is 29.2. The highest BCUT2D eigenvalue weighted by Crippen LogP contribution is 2.56. The molecular formula is C61H62. The first kappa shape index (κ1) is 45.3. The van der Waals surface area contributed by atoms with E-state index in [2.05, 4.69) is 224 Å². The van der Waals surface area contributed by atoms with Gasteiger partial charge in [0.05, 0.1) is 5.41 Å². The Bertz CT molecular complexity index is 2750. The minimum atomic E-state index is -0.263. The summed E-state index contributed by atoms with van der Waals surface area (Å²) >= 11 is 0. The molecule has 0 atom stereocenters. The fourth-order valence-corrected chi connectivity index (χ4v) is 8.57. The van der Waals surface area contributed by atoms with Crippen molar-refractivity contribution < 1.29 is 0 Å². The first-order valence-electron chi connectivity index (χ1n) is 21.1. The zero-order valence-electron chi connectivity index (χ0n) is 36.5. The average Bonchev–Trinajstić information content (AvgIpc) is 3.58. The van der Waals surface area contributed by atoms with E-state index in [1.165, 1.54) is 93.9 Å². The van der Waals surface area contributed by atoms with Gasteiger partial charge in [0.15, 0.2) is 0 Å². The summed E-state index contributed by atoms with van der Waals surface area (Å²) in [6, 6.07) is 61.3. The summed E-state index contributed by atoms with van der Waals surface area (Å²) in [5, 5.41) is 5.28. The molecule has 0 heterocycles. The molecule has 9 rings (SSSR count). The van der Waals surface area contributed by atoms with Gasteiger partial charge in [0.2, 0.25) is 0 Å². The van der Waals surface area contributed by atoms with Crippen molar-refractivity contribution in [2.75, 3.05) is 0 Å². The molecule has 0 radical (unpaired) electrons. The molecule has 0 bridgehead atoms. The van der Waals surface area contributed by atoms with Gasteiger partial charge in [-0.1, -0.05) is 246 Å². The van der Waals surface area contributed by atoms with Crippen LogP contribution < -0.4 is 0 Å². The Labute approximate surface area is 367 Å². The lowest BCUT2D eigenvalue weighted by molar-refractivity contribution is 0.767. The summed E-state index contributed by atoms with van der Waals surface area (Å²) in [5.74, 6) is 0. The molecule has 0 nitrogen and oxygen atoms in total. The monoisotopic (exact) mass is 794 g/mol. The highest BCUT2D eigenvalue weighted by atomic mass is 14.5. The van der Waals surface area contributed by atoms with Crippen molar-refractivity contribution in [2.24, 2.45) is 0 Å². The van der Waals surface area contributed by atoms with Crippen molar-refractivity contribution in [3.8, 4) is 11.1 Å². The van der Waals surface area contributed by atoms with E-state index in [1.807, 2.05) is 26.0 Å². The third-order valence-electron chi connectivity index (χ3n) is 11.5. The Morgan fingerprint density at radius 1 is 0.492 bits per heavy atom. The van der Waals surface area contributed by atoms with Crippen molar-refractivity contribution in [3.63, 3.8) is 0 Å². The topological polar surface area (TPSA) is 0 Å². The minimum Gasteiger partial charge on any atom is -0.0985 e. The van der Waals surface area contributed by atoms with Crippen LogP contribution in [0.2, 0.25) is 0 Å². The van der Waals surface area contributed by atoms with E-state index in [1.54, 1.807) is 6.08 Å². The molecule has 0 saturated heterocycles.